The first-order valence-electron chi connectivity index (χ1n) is 5.69. The summed E-state index contributed by atoms with van der Waals surface area (Å²) in [6.07, 6.45) is 1.78. The minimum absolute atomic E-state index is 0.261. The molecule has 0 aromatic heterocycles. The smallest absolute Gasteiger partial charge is 0.239 e. The van der Waals surface area contributed by atoms with Crippen molar-refractivity contribution in [3.63, 3.8) is 0 Å². The zero-order valence-electron chi connectivity index (χ0n) is 10.0. The molecule has 18 heavy (non-hydrogen) atoms. The Morgan fingerprint density at radius 2 is 1.83 bits per heavy atom. The van der Waals surface area contributed by atoms with Gasteiger partial charge < -0.3 is 10.6 Å². The number of carbonyl (C=O) groups is 1. The highest BCUT2D eigenvalue weighted by molar-refractivity contribution is 5.80. The van der Waals surface area contributed by atoms with Gasteiger partial charge in [-0.2, -0.15) is 0 Å². The third kappa shape index (κ3) is 4.27. The van der Waals surface area contributed by atoms with E-state index in [0.717, 1.165) is 12.8 Å². The van der Waals surface area contributed by atoms with Crippen molar-refractivity contribution < 1.29 is 18.0 Å². The molecule has 2 N–H and O–H groups in total. The number of hydrogen-bond donors (Lipinski definition) is 2. The number of nitrogens with one attached hydrogen (secondary N) is 2. The predicted molar refractivity (Wildman–Crippen MR) is 62.7 cm³/mol. The summed E-state index contributed by atoms with van der Waals surface area (Å²) in [5.74, 6) is -3.49. The van der Waals surface area contributed by atoms with E-state index in [1.54, 1.807) is 0 Å². The standard InChI is InChI=1S/C12H15F3N2O/c1-2-3-4-16-11(18)7-17-12-9(14)5-8(13)6-10(12)15/h5-6,17H,2-4,7H2,1H3,(H,16,18). The zero-order valence-corrected chi connectivity index (χ0v) is 10.0. The van der Waals surface area contributed by atoms with Crippen LogP contribution in [-0.4, -0.2) is 19.0 Å². The van der Waals surface area contributed by atoms with E-state index in [0.29, 0.717) is 18.7 Å². The summed E-state index contributed by atoms with van der Waals surface area (Å²) in [6, 6.07) is 1.11. The molecule has 1 aromatic rings. The van der Waals surface area contributed by atoms with E-state index in [1.165, 1.54) is 0 Å². The second kappa shape index (κ2) is 6.88. The summed E-state index contributed by atoms with van der Waals surface area (Å²) < 4.78 is 39.0. The molecule has 0 saturated heterocycles. The number of carbonyl (C=O) groups excluding carboxylic acids is 1. The van der Waals surface area contributed by atoms with Crippen LogP contribution in [0.25, 0.3) is 0 Å². The fourth-order valence-corrected chi connectivity index (χ4v) is 1.35. The molecule has 0 radical (unpaired) electrons. The number of rotatable bonds is 6. The quantitative estimate of drug-likeness (QED) is 0.771. The molecule has 3 nitrogen and oxygen atoms in total. The van der Waals surface area contributed by atoms with Crippen molar-refractivity contribution in [3.8, 4) is 0 Å². The Morgan fingerprint density at radius 3 is 2.39 bits per heavy atom. The third-order valence-electron chi connectivity index (χ3n) is 2.29. The molecule has 0 atom stereocenters. The first kappa shape index (κ1) is 14.3. The van der Waals surface area contributed by atoms with Crippen LogP contribution in [0.5, 0.6) is 0 Å². The van der Waals surface area contributed by atoms with Crippen LogP contribution in [-0.2, 0) is 4.79 Å². The van der Waals surface area contributed by atoms with E-state index >= 15 is 0 Å². The second-order valence-electron chi connectivity index (χ2n) is 3.80. The van der Waals surface area contributed by atoms with E-state index < -0.39 is 23.1 Å². The molecule has 0 saturated carbocycles. The van der Waals surface area contributed by atoms with Gasteiger partial charge in [0.25, 0.3) is 0 Å². The Hall–Kier alpha value is -1.72. The van der Waals surface area contributed by atoms with Gasteiger partial charge in [-0.3, -0.25) is 4.79 Å². The molecule has 1 rings (SSSR count). The maximum atomic E-state index is 13.2. The summed E-state index contributed by atoms with van der Waals surface area (Å²) in [6.45, 7) is 2.24. The predicted octanol–water partition coefficient (Wildman–Crippen LogP) is 2.43. The maximum absolute atomic E-state index is 13.2. The Labute approximate surface area is 103 Å². The molecule has 0 aliphatic carbocycles. The highest BCUT2D eigenvalue weighted by Gasteiger charge is 2.12. The fourth-order valence-electron chi connectivity index (χ4n) is 1.35. The molecule has 0 aliphatic heterocycles. The molecule has 1 aromatic carbocycles. The van der Waals surface area contributed by atoms with Crippen molar-refractivity contribution in [3.05, 3.63) is 29.6 Å². The van der Waals surface area contributed by atoms with Gasteiger partial charge in [0.2, 0.25) is 5.91 Å². The monoisotopic (exact) mass is 260 g/mol. The van der Waals surface area contributed by atoms with Crippen molar-refractivity contribution in [1.82, 2.24) is 5.32 Å². The van der Waals surface area contributed by atoms with Crippen LogP contribution in [0.1, 0.15) is 19.8 Å². The van der Waals surface area contributed by atoms with Gasteiger partial charge in [0.1, 0.15) is 11.5 Å². The van der Waals surface area contributed by atoms with Gasteiger partial charge in [0.15, 0.2) is 11.6 Å². The van der Waals surface area contributed by atoms with Crippen molar-refractivity contribution in [1.29, 1.82) is 0 Å². The summed E-state index contributed by atoms with van der Waals surface area (Å²) in [4.78, 5) is 11.3. The van der Waals surface area contributed by atoms with Crippen LogP contribution in [0.3, 0.4) is 0 Å². The summed E-state index contributed by atoms with van der Waals surface area (Å²) in [5.41, 5.74) is -0.498. The Balaban J connectivity index is 2.51. The molecular weight excluding hydrogens is 245 g/mol. The fraction of sp³-hybridized carbons (Fsp3) is 0.417. The second-order valence-corrected chi connectivity index (χ2v) is 3.80. The lowest BCUT2D eigenvalue weighted by molar-refractivity contribution is -0.119. The molecule has 0 aliphatic rings. The molecule has 6 heteroatoms. The van der Waals surface area contributed by atoms with Crippen LogP contribution in [0.2, 0.25) is 0 Å². The first-order valence-corrected chi connectivity index (χ1v) is 5.69. The number of anilines is 1. The van der Waals surface area contributed by atoms with Gasteiger partial charge in [-0.25, -0.2) is 13.2 Å². The average Bonchev–Trinajstić information content (AvgIpc) is 2.27. The minimum atomic E-state index is -1.06. The van der Waals surface area contributed by atoms with Crippen molar-refractivity contribution in [2.24, 2.45) is 0 Å². The number of unbranched alkanes of at least 4 members (excludes halogenated alkanes) is 1. The SMILES string of the molecule is CCCCNC(=O)CNc1c(F)cc(F)cc1F. The van der Waals surface area contributed by atoms with E-state index in [9.17, 15) is 18.0 Å². The number of benzene rings is 1. The van der Waals surface area contributed by atoms with E-state index in [-0.39, 0.29) is 12.5 Å². The molecular formula is C12H15F3N2O. The molecule has 0 unspecified atom stereocenters. The topological polar surface area (TPSA) is 41.1 Å². The average molecular weight is 260 g/mol. The normalized spacial score (nSPS) is 10.2. The highest BCUT2D eigenvalue weighted by Crippen LogP contribution is 2.19. The molecule has 1 amide bonds. The minimum Gasteiger partial charge on any atom is -0.371 e. The van der Waals surface area contributed by atoms with Gasteiger partial charge in [-0.05, 0) is 6.42 Å². The van der Waals surface area contributed by atoms with Gasteiger partial charge in [-0.1, -0.05) is 13.3 Å². The Bertz CT molecular complexity index is 401. The number of halogens is 3. The summed E-state index contributed by atoms with van der Waals surface area (Å²) in [5, 5.41) is 4.89. The lowest BCUT2D eigenvalue weighted by Gasteiger charge is -2.09. The van der Waals surface area contributed by atoms with Crippen molar-refractivity contribution in [2.45, 2.75) is 19.8 Å². The third-order valence-corrected chi connectivity index (χ3v) is 2.29. The van der Waals surface area contributed by atoms with Gasteiger partial charge in [-0.15, -0.1) is 0 Å². The van der Waals surface area contributed by atoms with Crippen molar-refractivity contribution in [2.75, 3.05) is 18.4 Å². The Morgan fingerprint density at radius 1 is 1.22 bits per heavy atom. The zero-order chi connectivity index (χ0) is 13.5. The van der Waals surface area contributed by atoms with Crippen LogP contribution in [0.15, 0.2) is 12.1 Å². The highest BCUT2D eigenvalue weighted by atomic mass is 19.1. The summed E-state index contributed by atoms with van der Waals surface area (Å²) >= 11 is 0. The van der Waals surface area contributed by atoms with E-state index in [2.05, 4.69) is 10.6 Å². The number of hydrogen-bond acceptors (Lipinski definition) is 2. The lowest BCUT2D eigenvalue weighted by atomic mass is 10.2. The largest absolute Gasteiger partial charge is 0.371 e. The molecule has 0 fully saturated rings. The van der Waals surface area contributed by atoms with Gasteiger partial charge in [0.05, 0.1) is 6.54 Å². The summed E-state index contributed by atoms with van der Waals surface area (Å²) in [7, 11) is 0. The van der Waals surface area contributed by atoms with Crippen LogP contribution in [0, 0.1) is 17.5 Å². The van der Waals surface area contributed by atoms with Crippen LogP contribution < -0.4 is 10.6 Å². The molecule has 0 bridgehead atoms. The van der Waals surface area contributed by atoms with Crippen LogP contribution in [0.4, 0.5) is 18.9 Å². The molecule has 0 spiro atoms. The Kier molecular flexibility index (Phi) is 5.48. The van der Waals surface area contributed by atoms with Gasteiger partial charge >= 0.3 is 0 Å². The molecule has 100 valence electrons. The van der Waals surface area contributed by atoms with E-state index in [4.69, 9.17) is 0 Å². The van der Waals surface area contributed by atoms with Gasteiger partial charge in [0, 0.05) is 18.7 Å². The lowest BCUT2D eigenvalue weighted by Crippen LogP contribution is -2.30. The number of amides is 1. The van der Waals surface area contributed by atoms with Crippen molar-refractivity contribution >= 4 is 11.6 Å². The molecule has 0 heterocycles. The van der Waals surface area contributed by atoms with Crippen LogP contribution >= 0.6 is 0 Å². The van der Waals surface area contributed by atoms with E-state index in [1.807, 2.05) is 6.92 Å². The maximum Gasteiger partial charge on any atom is 0.239 e. The first-order chi connectivity index (χ1) is 8.54.